The van der Waals surface area contributed by atoms with Gasteiger partial charge in [0.05, 0.1) is 23.5 Å². The van der Waals surface area contributed by atoms with Crippen molar-refractivity contribution in [3.8, 4) is 5.75 Å². The summed E-state index contributed by atoms with van der Waals surface area (Å²) >= 11 is 6.39. The van der Waals surface area contributed by atoms with E-state index in [9.17, 15) is 0 Å². The second-order valence-corrected chi connectivity index (χ2v) is 6.89. The molecule has 0 spiro atoms. The van der Waals surface area contributed by atoms with Crippen molar-refractivity contribution in [2.75, 3.05) is 7.11 Å². The molecule has 1 fully saturated rings. The van der Waals surface area contributed by atoms with Gasteiger partial charge in [0.2, 0.25) is 0 Å². The van der Waals surface area contributed by atoms with Crippen LogP contribution in [0.5, 0.6) is 5.75 Å². The van der Waals surface area contributed by atoms with Crippen LogP contribution in [-0.4, -0.2) is 16.7 Å². The van der Waals surface area contributed by atoms with Crippen LogP contribution in [0.15, 0.2) is 18.2 Å². The Kier molecular flexibility index (Phi) is 4.12. The van der Waals surface area contributed by atoms with Gasteiger partial charge in [-0.15, -0.1) is 11.6 Å². The van der Waals surface area contributed by atoms with Crippen LogP contribution in [0.25, 0.3) is 11.0 Å². The third-order valence-electron chi connectivity index (χ3n) is 4.55. The van der Waals surface area contributed by atoms with Crippen molar-refractivity contribution in [2.24, 2.45) is 5.92 Å². The van der Waals surface area contributed by atoms with Crippen LogP contribution in [0.4, 0.5) is 0 Å². The minimum absolute atomic E-state index is 0.0828. The molecule has 0 aliphatic heterocycles. The molecule has 4 heteroatoms. The van der Waals surface area contributed by atoms with Crippen molar-refractivity contribution in [1.82, 2.24) is 9.55 Å². The Morgan fingerprint density at radius 2 is 2.19 bits per heavy atom. The number of hydrogen-bond donors (Lipinski definition) is 0. The molecule has 0 radical (unpaired) electrons. The molecule has 21 heavy (non-hydrogen) atoms. The summed E-state index contributed by atoms with van der Waals surface area (Å²) in [6.07, 6.45) is 5.06. The van der Waals surface area contributed by atoms with Crippen LogP contribution in [0.1, 0.15) is 56.8 Å². The number of hydrogen-bond acceptors (Lipinski definition) is 2. The predicted molar refractivity (Wildman–Crippen MR) is 87.2 cm³/mol. The highest BCUT2D eigenvalue weighted by Gasteiger charge is 2.26. The van der Waals surface area contributed by atoms with Gasteiger partial charge >= 0.3 is 0 Å². The van der Waals surface area contributed by atoms with Crippen LogP contribution >= 0.6 is 11.6 Å². The summed E-state index contributed by atoms with van der Waals surface area (Å²) in [4.78, 5) is 4.77. The Morgan fingerprint density at radius 1 is 1.38 bits per heavy atom. The molecule has 1 aromatic heterocycles. The van der Waals surface area contributed by atoms with Crippen LogP contribution in [0.3, 0.4) is 0 Å². The molecule has 3 nitrogen and oxygen atoms in total. The van der Waals surface area contributed by atoms with Crippen molar-refractivity contribution in [1.29, 1.82) is 0 Å². The SMILES string of the molecule is COc1ccc2c(c1)nc(C(C)Cl)n2C1CCCC(C)C1. The molecule has 0 N–H and O–H groups in total. The predicted octanol–water partition coefficient (Wildman–Crippen LogP) is 5.10. The smallest absolute Gasteiger partial charge is 0.127 e. The van der Waals surface area contributed by atoms with Crippen molar-refractivity contribution in [3.05, 3.63) is 24.0 Å². The highest BCUT2D eigenvalue weighted by atomic mass is 35.5. The fourth-order valence-electron chi connectivity index (χ4n) is 3.53. The van der Waals surface area contributed by atoms with E-state index in [0.29, 0.717) is 6.04 Å². The van der Waals surface area contributed by atoms with Crippen molar-refractivity contribution in [2.45, 2.75) is 50.9 Å². The van der Waals surface area contributed by atoms with E-state index < -0.39 is 0 Å². The minimum atomic E-state index is -0.0828. The molecule has 1 aliphatic rings. The Hall–Kier alpha value is -1.22. The molecule has 3 unspecified atom stereocenters. The lowest BCUT2D eigenvalue weighted by molar-refractivity contribution is 0.282. The molecule has 0 amide bonds. The standard InChI is InChI=1S/C17H23ClN2O/c1-11-5-4-6-13(9-11)20-16-8-7-14(21-3)10-15(16)19-17(20)12(2)18/h7-8,10-13H,4-6,9H2,1-3H3. The number of ether oxygens (including phenoxy) is 1. The second kappa shape index (κ2) is 5.88. The molecule has 1 saturated carbocycles. The Balaban J connectivity index is 2.11. The van der Waals surface area contributed by atoms with Gasteiger partial charge in [-0.05, 0) is 37.8 Å². The van der Waals surface area contributed by atoms with Gasteiger partial charge in [0, 0.05) is 12.1 Å². The van der Waals surface area contributed by atoms with Crippen molar-refractivity contribution >= 4 is 22.6 Å². The number of halogens is 1. The number of aromatic nitrogens is 2. The maximum absolute atomic E-state index is 6.39. The number of rotatable bonds is 3. The van der Waals surface area contributed by atoms with Gasteiger partial charge in [-0.25, -0.2) is 4.98 Å². The third-order valence-corrected chi connectivity index (χ3v) is 4.75. The van der Waals surface area contributed by atoms with E-state index in [2.05, 4.69) is 17.6 Å². The summed E-state index contributed by atoms with van der Waals surface area (Å²) in [7, 11) is 1.69. The first kappa shape index (κ1) is 14.7. The van der Waals surface area contributed by atoms with E-state index >= 15 is 0 Å². The average molecular weight is 307 g/mol. The van der Waals surface area contributed by atoms with Gasteiger partial charge in [-0.1, -0.05) is 19.8 Å². The van der Waals surface area contributed by atoms with E-state index in [1.54, 1.807) is 7.11 Å². The summed E-state index contributed by atoms with van der Waals surface area (Å²) in [5.74, 6) is 2.61. The number of fused-ring (bicyclic) bond motifs is 1. The number of methoxy groups -OCH3 is 1. The Morgan fingerprint density at radius 3 is 2.86 bits per heavy atom. The monoisotopic (exact) mass is 306 g/mol. The summed E-state index contributed by atoms with van der Waals surface area (Å²) < 4.78 is 7.69. The number of nitrogens with zero attached hydrogens (tertiary/aromatic N) is 2. The average Bonchev–Trinajstić information content (AvgIpc) is 2.85. The number of benzene rings is 1. The first-order chi connectivity index (χ1) is 10.1. The van der Waals surface area contributed by atoms with Crippen LogP contribution in [0, 0.1) is 5.92 Å². The minimum Gasteiger partial charge on any atom is -0.497 e. The summed E-state index contributed by atoms with van der Waals surface area (Å²) in [6.45, 7) is 4.35. The van der Waals surface area contributed by atoms with Crippen LogP contribution < -0.4 is 4.74 Å². The van der Waals surface area contributed by atoms with Crippen molar-refractivity contribution < 1.29 is 4.74 Å². The molecular weight excluding hydrogens is 284 g/mol. The zero-order valence-electron chi connectivity index (χ0n) is 13.0. The fraction of sp³-hybridized carbons (Fsp3) is 0.588. The molecule has 1 heterocycles. The fourth-order valence-corrected chi connectivity index (χ4v) is 3.68. The molecule has 114 valence electrons. The van der Waals surface area contributed by atoms with Crippen LogP contribution in [0.2, 0.25) is 0 Å². The molecule has 1 aromatic carbocycles. The first-order valence-electron chi connectivity index (χ1n) is 7.80. The first-order valence-corrected chi connectivity index (χ1v) is 8.23. The number of alkyl halides is 1. The Bertz CT molecular complexity index is 635. The highest BCUT2D eigenvalue weighted by Crippen LogP contribution is 2.38. The molecular formula is C17H23ClN2O. The highest BCUT2D eigenvalue weighted by molar-refractivity contribution is 6.20. The van der Waals surface area contributed by atoms with Gasteiger partial charge in [0.1, 0.15) is 11.6 Å². The number of imidazole rings is 1. The van der Waals surface area contributed by atoms with Crippen molar-refractivity contribution in [3.63, 3.8) is 0 Å². The van der Waals surface area contributed by atoms with E-state index in [1.165, 1.54) is 31.2 Å². The third kappa shape index (κ3) is 2.76. The summed E-state index contributed by atoms with van der Waals surface area (Å²) in [5, 5.41) is -0.0828. The maximum Gasteiger partial charge on any atom is 0.127 e. The molecule has 3 atom stereocenters. The lowest BCUT2D eigenvalue weighted by Gasteiger charge is -2.30. The largest absolute Gasteiger partial charge is 0.497 e. The second-order valence-electron chi connectivity index (χ2n) is 6.24. The molecule has 3 rings (SSSR count). The summed E-state index contributed by atoms with van der Waals surface area (Å²) in [5.41, 5.74) is 2.16. The van der Waals surface area contributed by atoms with E-state index in [0.717, 1.165) is 23.0 Å². The topological polar surface area (TPSA) is 27.1 Å². The van der Waals surface area contributed by atoms with Gasteiger partial charge < -0.3 is 9.30 Å². The van der Waals surface area contributed by atoms with E-state index in [1.807, 2.05) is 19.1 Å². The summed E-state index contributed by atoms with van der Waals surface area (Å²) in [6, 6.07) is 6.64. The molecule has 1 aliphatic carbocycles. The molecule has 0 bridgehead atoms. The molecule has 2 aromatic rings. The van der Waals surface area contributed by atoms with E-state index in [-0.39, 0.29) is 5.38 Å². The van der Waals surface area contributed by atoms with Gasteiger partial charge in [0.25, 0.3) is 0 Å². The lowest BCUT2D eigenvalue weighted by atomic mass is 9.86. The Labute approximate surface area is 131 Å². The maximum atomic E-state index is 6.39. The zero-order valence-corrected chi connectivity index (χ0v) is 13.7. The lowest BCUT2D eigenvalue weighted by Crippen LogP contribution is -2.19. The molecule has 0 saturated heterocycles. The van der Waals surface area contributed by atoms with E-state index in [4.69, 9.17) is 21.3 Å². The van der Waals surface area contributed by atoms with Gasteiger partial charge in [-0.2, -0.15) is 0 Å². The zero-order chi connectivity index (χ0) is 15.0. The quantitative estimate of drug-likeness (QED) is 0.738. The van der Waals surface area contributed by atoms with Crippen LogP contribution in [-0.2, 0) is 0 Å². The van der Waals surface area contributed by atoms with Gasteiger partial charge in [-0.3, -0.25) is 0 Å². The normalized spacial score (nSPS) is 24.2. The van der Waals surface area contributed by atoms with Gasteiger partial charge in [0.15, 0.2) is 0 Å².